The Bertz CT molecular complexity index is 381. The maximum absolute atomic E-state index is 11.7. The number of aromatic nitrogens is 1. The first kappa shape index (κ1) is 11.4. The molecule has 2 heterocycles. The number of hydrogen-bond acceptors (Lipinski definition) is 2. The monoisotopic (exact) mass is 238 g/mol. The van der Waals surface area contributed by atoms with Crippen molar-refractivity contribution in [2.45, 2.75) is 25.7 Å². The molecule has 3 nitrogen and oxygen atoms in total. The van der Waals surface area contributed by atoms with E-state index in [2.05, 4.69) is 10.3 Å². The molecule has 0 radical (unpaired) electrons. The summed E-state index contributed by atoms with van der Waals surface area (Å²) in [6.07, 6.45) is 5.60. The molecule has 1 aromatic rings. The Morgan fingerprint density at radius 2 is 2.38 bits per heavy atom. The molecule has 1 aliphatic heterocycles. The third-order valence-corrected chi connectivity index (χ3v) is 3.13. The van der Waals surface area contributed by atoms with Gasteiger partial charge in [0.15, 0.2) is 0 Å². The molecule has 0 spiro atoms. The Hall–Kier alpha value is -1.09. The van der Waals surface area contributed by atoms with Gasteiger partial charge in [0.25, 0.3) is 0 Å². The molecule has 1 aliphatic rings. The maximum Gasteiger partial charge on any atom is 0.223 e. The van der Waals surface area contributed by atoms with Crippen molar-refractivity contribution < 1.29 is 4.79 Å². The third kappa shape index (κ3) is 2.95. The van der Waals surface area contributed by atoms with Gasteiger partial charge < -0.3 is 5.32 Å². The molecule has 1 atom stereocenters. The second-order valence-corrected chi connectivity index (χ2v) is 4.56. The molecule has 1 saturated heterocycles. The van der Waals surface area contributed by atoms with E-state index < -0.39 is 0 Å². The minimum atomic E-state index is 0.0842. The van der Waals surface area contributed by atoms with Crippen LogP contribution in [0.2, 0.25) is 5.15 Å². The summed E-state index contributed by atoms with van der Waals surface area (Å²) in [6, 6.07) is 3.75. The number of pyridine rings is 1. The van der Waals surface area contributed by atoms with Crippen LogP contribution in [-0.2, 0) is 11.2 Å². The van der Waals surface area contributed by atoms with Crippen LogP contribution in [-0.4, -0.2) is 17.4 Å². The van der Waals surface area contributed by atoms with Gasteiger partial charge >= 0.3 is 0 Å². The SMILES string of the molecule is O=C1NCCCCC1Cc1ccnc(Cl)c1. The van der Waals surface area contributed by atoms with Crippen LogP contribution in [0.15, 0.2) is 18.3 Å². The molecular weight excluding hydrogens is 224 g/mol. The molecule has 16 heavy (non-hydrogen) atoms. The van der Waals surface area contributed by atoms with Crippen molar-refractivity contribution in [1.82, 2.24) is 10.3 Å². The highest BCUT2D eigenvalue weighted by Gasteiger charge is 2.20. The lowest BCUT2D eigenvalue weighted by atomic mass is 9.95. The van der Waals surface area contributed by atoms with E-state index in [1.165, 1.54) is 0 Å². The topological polar surface area (TPSA) is 42.0 Å². The van der Waals surface area contributed by atoms with Crippen molar-refractivity contribution in [2.75, 3.05) is 6.54 Å². The van der Waals surface area contributed by atoms with Gasteiger partial charge in [-0.1, -0.05) is 18.0 Å². The van der Waals surface area contributed by atoms with E-state index in [9.17, 15) is 4.79 Å². The van der Waals surface area contributed by atoms with Crippen LogP contribution in [0.4, 0.5) is 0 Å². The molecule has 1 unspecified atom stereocenters. The van der Waals surface area contributed by atoms with Crippen molar-refractivity contribution in [3.05, 3.63) is 29.0 Å². The standard InChI is InChI=1S/C12H15ClN2O/c13-11-8-9(4-6-14-11)7-10-3-1-2-5-15-12(10)16/h4,6,8,10H,1-3,5,7H2,(H,15,16). The molecule has 1 amide bonds. The Balaban J connectivity index is 2.05. The first-order valence-electron chi connectivity index (χ1n) is 5.64. The lowest BCUT2D eigenvalue weighted by Crippen LogP contribution is -2.30. The smallest absolute Gasteiger partial charge is 0.223 e. The molecular formula is C12H15ClN2O. The Morgan fingerprint density at radius 3 is 3.19 bits per heavy atom. The zero-order chi connectivity index (χ0) is 11.4. The van der Waals surface area contributed by atoms with Crippen molar-refractivity contribution >= 4 is 17.5 Å². The predicted octanol–water partition coefficient (Wildman–Crippen LogP) is 2.19. The molecule has 4 heteroatoms. The second kappa shape index (κ2) is 5.30. The summed E-state index contributed by atoms with van der Waals surface area (Å²) in [4.78, 5) is 15.7. The van der Waals surface area contributed by atoms with Crippen molar-refractivity contribution in [1.29, 1.82) is 0 Å². The summed E-state index contributed by atoms with van der Waals surface area (Å²) in [5, 5.41) is 3.43. The number of carbonyl (C=O) groups excluding carboxylic acids is 1. The lowest BCUT2D eigenvalue weighted by molar-refractivity contribution is -0.124. The molecule has 0 aliphatic carbocycles. The highest BCUT2D eigenvalue weighted by Crippen LogP contribution is 2.19. The minimum absolute atomic E-state index is 0.0842. The first-order valence-corrected chi connectivity index (χ1v) is 6.01. The van der Waals surface area contributed by atoms with Gasteiger partial charge in [0.2, 0.25) is 5.91 Å². The van der Waals surface area contributed by atoms with Gasteiger partial charge in [0.1, 0.15) is 5.15 Å². The normalized spacial score (nSPS) is 21.3. The number of rotatable bonds is 2. The van der Waals surface area contributed by atoms with Gasteiger partial charge in [-0.05, 0) is 37.0 Å². The average Bonchev–Trinajstić information content (AvgIpc) is 2.45. The van der Waals surface area contributed by atoms with Gasteiger partial charge in [-0.25, -0.2) is 4.98 Å². The van der Waals surface area contributed by atoms with Crippen LogP contribution in [0.3, 0.4) is 0 Å². The number of amides is 1. The zero-order valence-electron chi connectivity index (χ0n) is 9.08. The van der Waals surface area contributed by atoms with Crippen LogP contribution in [0, 0.1) is 5.92 Å². The largest absolute Gasteiger partial charge is 0.356 e. The Morgan fingerprint density at radius 1 is 1.50 bits per heavy atom. The van der Waals surface area contributed by atoms with Crippen molar-refractivity contribution in [2.24, 2.45) is 5.92 Å². The van der Waals surface area contributed by atoms with E-state index >= 15 is 0 Å². The summed E-state index contributed by atoms with van der Waals surface area (Å²) in [7, 11) is 0. The van der Waals surface area contributed by atoms with Crippen LogP contribution in [0.1, 0.15) is 24.8 Å². The van der Waals surface area contributed by atoms with Crippen LogP contribution in [0.25, 0.3) is 0 Å². The molecule has 0 aromatic carbocycles. The van der Waals surface area contributed by atoms with Crippen LogP contribution >= 0.6 is 11.6 Å². The minimum Gasteiger partial charge on any atom is -0.356 e. The molecule has 1 aromatic heterocycles. The van der Waals surface area contributed by atoms with Gasteiger partial charge in [-0.2, -0.15) is 0 Å². The van der Waals surface area contributed by atoms with Gasteiger partial charge in [-0.15, -0.1) is 0 Å². The number of nitrogens with zero attached hydrogens (tertiary/aromatic N) is 1. The van der Waals surface area contributed by atoms with E-state index in [0.717, 1.165) is 37.8 Å². The van der Waals surface area contributed by atoms with Gasteiger partial charge in [-0.3, -0.25) is 4.79 Å². The van der Waals surface area contributed by atoms with E-state index in [1.807, 2.05) is 12.1 Å². The fourth-order valence-corrected chi connectivity index (χ4v) is 2.25. The highest BCUT2D eigenvalue weighted by atomic mass is 35.5. The number of nitrogens with one attached hydrogen (secondary N) is 1. The van der Waals surface area contributed by atoms with E-state index in [-0.39, 0.29) is 11.8 Å². The first-order chi connectivity index (χ1) is 7.75. The molecule has 1 fully saturated rings. The Kier molecular flexibility index (Phi) is 3.78. The van der Waals surface area contributed by atoms with Crippen molar-refractivity contribution in [3.8, 4) is 0 Å². The van der Waals surface area contributed by atoms with Crippen LogP contribution in [0.5, 0.6) is 0 Å². The average molecular weight is 239 g/mol. The lowest BCUT2D eigenvalue weighted by Gasteiger charge is -2.12. The molecule has 0 saturated carbocycles. The molecule has 86 valence electrons. The summed E-state index contributed by atoms with van der Waals surface area (Å²) < 4.78 is 0. The zero-order valence-corrected chi connectivity index (χ0v) is 9.83. The molecule has 0 bridgehead atoms. The number of halogens is 1. The number of hydrogen-bond donors (Lipinski definition) is 1. The summed E-state index contributed by atoms with van der Waals surface area (Å²) in [6.45, 7) is 0.812. The predicted molar refractivity (Wildman–Crippen MR) is 63.3 cm³/mol. The highest BCUT2D eigenvalue weighted by molar-refractivity contribution is 6.29. The van der Waals surface area contributed by atoms with Gasteiger partial charge in [0.05, 0.1) is 0 Å². The molecule has 2 rings (SSSR count). The second-order valence-electron chi connectivity index (χ2n) is 4.17. The summed E-state index contributed by atoms with van der Waals surface area (Å²) in [5.74, 6) is 0.256. The fourth-order valence-electron chi connectivity index (χ4n) is 2.05. The summed E-state index contributed by atoms with van der Waals surface area (Å²) in [5.41, 5.74) is 1.09. The van der Waals surface area contributed by atoms with Crippen molar-refractivity contribution in [3.63, 3.8) is 0 Å². The van der Waals surface area contributed by atoms with E-state index in [0.29, 0.717) is 5.15 Å². The van der Waals surface area contributed by atoms with Gasteiger partial charge in [0, 0.05) is 18.7 Å². The van der Waals surface area contributed by atoms with E-state index in [1.54, 1.807) is 6.20 Å². The van der Waals surface area contributed by atoms with E-state index in [4.69, 9.17) is 11.6 Å². The summed E-state index contributed by atoms with van der Waals surface area (Å²) >= 11 is 5.82. The van der Waals surface area contributed by atoms with Crippen LogP contribution < -0.4 is 5.32 Å². The quantitative estimate of drug-likeness (QED) is 0.803. The maximum atomic E-state index is 11.7. The fraction of sp³-hybridized carbons (Fsp3) is 0.500. The number of carbonyl (C=O) groups is 1. The molecule has 1 N–H and O–H groups in total. The Labute approximate surface area is 100 Å². The third-order valence-electron chi connectivity index (χ3n) is 2.92.